The van der Waals surface area contributed by atoms with Crippen molar-refractivity contribution in [1.29, 1.82) is 0 Å². The fourth-order valence-corrected chi connectivity index (χ4v) is 7.91. The van der Waals surface area contributed by atoms with Crippen LogP contribution in [-0.2, 0) is 19.1 Å². The molecule has 1 aromatic heterocycles. The van der Waals surface area contributed by atoms with Crippen LogP contribution >= 0.6 is 11.6 Å². The molecule has 3 aliphatic rings. The number of aryl methyl sites for hydroxylation is 1. The second-order valence-electron chi connectivity index (χ2n) is 13.3. The summed E-state index contributed by atoms with van der Waals surface area (Å²) in [5.74, 6) is -7.49. The lowest BCUT2D eigenvalue weighted by atomic mass is 9.82. The number of nitrogens with zero attached hydrogens (tertiary/aromatic N) is 4. The Kier molecular flexibility index (Phi) is 9.53. The molecule has 3 heterocycles. The molecule has 264 valence electrons. The molecule has 0 radical (unpaired) electrons. The summed E-state index contributed by atoms with van der Waals surface area (Å²) in [5, 5.41) is 4.46. The van der Waals surface area contributed by atoms with Crippen molar-refractivity contribution in [1.82, 2.24) is 19.6 Å². The molecule has 2 aliphatic heterocycles. The van der Waals surface area contributed by atoms with Crippen LogP contribution in [0.2, 0.25) is 5.02 Å². The quantitative estimate of drug-likeness (QED) is 0.216. The third-order valence-corrected chi connectivity index (χ3v) is 10.3. The van der Waals surface area contributed by atoms with Gasteiger partial charge in [0.1, 0.15) is 17.5 Å². The third kappa shape index (κ3) is 6.79. The van der Waals surface area contributed by atoms with Gasteiger partial charge in [0, 0.05) is 61.7 Å². The maximum absolute atomic E-state index is 15.5. The largest absolute Gasteiger partial charge is 0.490 e. The summed E-state index contributed by atoms with van der Waals surface area (Å²) in [6, 6.07) is 8.75. The molecule has 0 unspecified atom stereocenters. The topological polar surface area (TPSA) is 76.9 Å². The first-order valence-corrected chi connectivity index (χ1v) is 16.4. The maximum atomic E-state index is 15.5. The van der Waals surface area contributed by atoms with Crippen molar-refractivity contribution in [2.75, 3.05) is 39.4 Å². The molecule has 1 amide bonds. The number of carbonyl (C=O) groups excluding carboxylic acids is 2. The van der Waals surface area contributed by atoms with Gasteiger partial charge >= 0.3 is 12.1 Å². The number of piperidine rings is 1. The van der Waals surface area contributed by atoms with E-state index in [0.717, 1.165) is 17.8 Å². The van der Waals surface area contributed by atoms with E-state index in [9.17, 15) is 31.5 Å². The van der Waals surface area contributed by atoms with Crippen LogP contribution in [0, 0.1) is 24.4 Å². The van der Waals surface area contributed by atoms with E-state index in [1.165, 1.54) is 23.1 Å². The van der Waals surface area contributed by atoms with E-state index in [4.69, 9.17) is 21.1 Å². The molecule has 0 bridgehead atoms. The summed E-state index contributed by atoms with van der Waals surface area (Å²) in [4.78, 5) is 30.6. The van der Waals surface area contributed by atoms with Crippen LogP contribution in [0.1, 0.15) is 61.4 Å². The molecule has 0 spiro atoms. The zero-order valence-electron chi connectivity index (χ0n) is 26.8. The second-order valence-corrected chi connectivity index (χ2v) is 13.7. The standard InChI is InChI=1S/C34H35ClF6N4O4/c1-20-15-29(45(42-20)23-4-6-27(37)26(35)17-23)21-7-9-43(10-8-21)30(46)33(49-31(47)34(39,40)41)19-32(2,44-11-13-48-14-12-44)18-25(33)24-5-3-22(36)16-28(24)38/h3-6,15-17,21,25H,7-14,18-19H2,1-2H3/t25-,32+,33-/m1/s1. The molecular weight excluding hydrogens is 678 g/mol. The van der Waals surface area contributed by atoms with Crippen LogP contribution in [0.5, 0.6) is 0 Å². The van der Waals surface area contributed by atoms with Crippen molar-refractivity contribution >= 4 is 23.5 Å². The number of aromatic nitrogens is 2. The van der Waals surface area contributed by atoms with Crippen LogP contribution in [0.4, 0.5) is 26.3 Å². The van der Waals surface area contributed by atoms with Gasteiger partial charge in [-0.2, -0.15) is 18.3 Å². The van der Waals surface area contributed by atoms with Gasteiger partial charge in [0.15, 0.2) is 5.60 Å². The minimum absolute atomic E-state index is 0.0401. The van der Waals surface area contributed by atoms with Gasteiger partial charge in [-0.15, -0.1) is 0 Å². The molecule has 8 nitrogen and oxygen atoms in total. The molecule has 0 N–H and O–H groups in total. The molecule has 6 rings (SSSR count). The lowest BCUT2D eigenvalue weighted by Gasteiger charge is -2.43. The first-order valence-electron chi connectivity index (χ1n) is 16.0. The van der Waals surface area contributed by atoms with Crippen LogP contribution in [0.25, 0.3) is 5.69 Å². The molecule has 1 aliphatic carbocycles. The second kappa shape index (κ2) is 13.3. The van der Waals surface area contributed by atoms with Crippen LogP contribution in [-0.4, -0.2) is 88.2 Å². The number of alkyl halides is 3. The van der Waals surface area contributed by atoms with Crippen molar-refractivity contribution in [3.8, 4) is 5.69 Å². The van der Waals surface area contributed by atoms with Crippen molar-refractivity contribution < 1.29 is 45.4 Å². The fourth-order valence-electron chi connectivity index (χ4n) is 7.73. The number of esters is 1. The van der Waals surface area contributed by atoms with E-state index in [0.29, 0.717) is 56.6 Å². The molecule has 49 heavy (non-hydrogen) atoms. The molecule has 2 saturated heterocycles. The first-order chi connectivity index (χ1) is 23.1. The van der Waals surface area contributed by atoms with Crippen LogP contribution < -0.4 is 0 Å². The number of benzene rings is 2. The Bertz CT molecular complexity index is 1740. The Morgan fingerprint density at radius 2 is 1.67 bits per heavy atom. The monoisotopic (exact) mass is 712 g/mol. The van der Waals surface area contributed by atoms with Crippen molar-refractivity contribution in [2.24, 2.45) is 0 Å². The van der Waals surface area contributed by atoms with Gasteiger partial charge in [-0.25, -0.2) is 22.6 Å². The number of halogens is 7. The highest BCUT2D eigenvalue weighted by Gasteiger charge is 2.65. The third-order valence-electron chi connectivity index (χ3n) is 10.0. The zero-order valence-corrected chi connectivity index (χ0v) is 27.6. The van der Waals surface area contributed by atoms with Gasteiger partial charge in [0.2, 0.25) is 0 Å². The zero-order chi connectivity index (χ0) is 35.3. The van der Waals surface area contributed by atoms with Crippen molar-refractivity contribution in [3.63, 3.8) is 0 Å². The molecule has 15 heteroatoms. The summed E-state index contributed by atoms with van der Waals surface area (Å²) in [6.07, 6.45) is -5.10. The van der Waals surface area contributed by atoms with Gasteiger partial charge in [-0.1, -0.05) is 17.7 Å². The van der Waals surface area contributed by atoms with Crippen LogP contribution in [0.3, 0.4) is 0 Å². The normalized spacial score (nSPS) is 25.5. The van der Waals surface area contributed by atoms with E-state index in [2.05, 4.69) is 5.10 Å². The number of ether oxygens (including phenoxy) is 2. The number of amides is 1. The van der Waals surface area contributed by atoms with E-state index in [1.54, 1.807) is 18.5 Å². The Labute approximate surface area is 283 Å². The fraction of sp³-hybridized carbons (Fsp3) is 0.500. The SMILES string of the molecule is Cc1cc(C2CCN(C(=O)[C@@]3(OC(=O)C(F)(F)F)C[C@@](C)(N4CCOCC4)C[C@@H]3c3ccc(F)cc3F)CC2)n(-c2ccc(F)c(Cl)c2)n1. The summed E-state index contributed by atoms with van der Waals surface area (Å²) in [5.41, 5.74) is -1.68. The first kappa shape index (κ1) is 35.2. The molecule has 3 atom stereocenters. The highest BCUT2D eigenvalue weighted by atomic mass is 35.5. The lowest BCUT2D eigenvalue weighted by molar-refractivity contribution is -0.218. The van der Waals surface area contributed by atoms with Gasteiger partial charge in [-0.05, 0) is 69.0 Å². The predicted molar refractivity (Wildman–Crippen MR) is 166 cm³/mol. The van der Waals surface area contributed by atoms with E-state index in [-0.39, 0.29) is 42.4 Å². The predicted octanol–water partition coefficient (Wildman–Crippen LogP) is 6.47. The summed E-state index contributed by atoms with van der Waals surface area (Å²) < 4.78 is 97.4. The molecule has 3 fully saturated rings. The Balaban J connectivity index is 1.35. The summed E-state index contributed by atoms with van der Waals surface area (Å²) >= 11 is 6.03. The minimum Gasteiger partial charge on any atom is -0.442 e. The average molecular weight is 713 g/mol. The van der Waals surface area contributed by atoms with E-state index < -0.39 is 52.6 Å². The summed E-state index contributed by atoms with van der Waals surface area (Å²) in [6.45, 7) is 5.16. The minimum atomic E-state index is -5.44. The van der Waals surface area contributed by atoms with Crippen LogP contribution in [0.15, 0.2) is 42.5 Å². The van der Waals surface area contributed by atoms with Gasteiger partial charge in [-0.3, -0.25) is 9.69 Å². The Hall–Kier alpha value is -3.62. The smallest absolute Gasteiger partial charge is 0.442 e. The van der Waals surface area contributed by atoms with Gasteiger partial charge in [0.25, 0.3) is 5.91 Å². The number of hydrogen-bond donors (Lipinski definition) is 0. The lowest BCUT2D eigenvalue weighted by Crippen LogP contribution is -2.58. The van der Waals surface area contributed by atoms with E-state index >= 15 is 4.39 Å². The molecule has 2 aromatic carbocycles. The average Bonchev–Trinajstić information content (AvgIpc) is 3.60. The highest BCUT2D eigenvalue weighted by molar-refractivity contribution is 6.30. The molecule has 1 saturated carbocycles. The number of rotatable bonds is 6. The van der Waals surface area contributed by atoms with Gasteiger partial charge in [0.05, 0.1) is 29.6 Å². The highest BCUT2D eigenvalue weighted by Crippen LogP contribution is 2.55. The number of carbonyl (C=O) groups is 2. The van der Waals surface area contributed by atoms with E-state index in [1.807, 2.05) is 11.0 Å². The number of hydrogen-bond acceptors (Lipinski definition) is 6. The van der Waals surface area contributed by atoms with Crippen molar-refractivity contribution in [2.45, 2.75) is 68.7 Å². The number of likely N-dealkylation sites (tertiary alicyclic amines) is 1. The summed E-state index contributed by atoms with van der Waals surface area (Å²) in [7, 11) is 0. The molecular formula is C34H35ClF6N4O4. The Morgan fingerprint density at radius 3 is 2.31 bits per heavy atom. The number of morpholine rings is 1. The van der Waals surface area contributed by atoms with Gasteiger partial charge < -0.3 is 14.4 Å². The Morgan fingerprint density at radius 1 is 0.980 bits per heavy atom. The molecule has 3 aromatic rings. The van der Waals surface area contributed by atoms with Crippen molar-refractivity contribution in [3.05, 3.63) is 81.9 Å². The maximum Gasteiger partial charge on any atom is 0.490 e.